The summed E-state index contributed by atoms with van der Waals surface area (Å²) < 4.78 is 19.7. The first kappa shape index (κ1) is 43.8. The van der Waals surface area contributed by atoms with E-state index in [4.69, 9.17) is 16.3 Å². The summed E-state index contributed by atoms with van der Waals surface area (Å²) in [5.74, 6) is 0.738. The molecule has 2 unspecified atom stereocenters. The molecule has 0 saturated carbocycles. The summed E-state index contributed by atoms with van der Waals surface area (Å²) in [5.41, 5.74) is 4.95. The maximum absolute atomic E-state index is 13.2. The highest BCUT2D eigenvalue weighted by molar-refractivity contribution is 7.85. The van der Waals surface area contributed by atoms with Crippen molar-refractivity contribution in [3.05, 3.63) is 83.0 Å². The number of nitrogens with one attached hydrogen (secondary N) is 4. The molecule has 4 amide bonds. The molecule has 0 radical (unpaired) electrons. The van der Waals surface area contributed by atoms with Gasteiger partial charge in [0, 0.05) is 87.6 Å². The highest BCUT2D eigenvalue weighted by Crippen LogP contribution is 2.36. The average molecular weight is 898 g/mol. The molecule has 332 valence electrons. The Morgan fingerprint density at radius 1 is 0.937 bits per heavy atom. The van der Waals surface area contributed by atoms with E-state index in [0.29, 0.717) is 56.6 Å². The number of likely N-dealkylation sites (tertiary alicyclic amines) is 1. The number of aromatic nitrogens is 2. The van der Waals surface area contributed by atoms with Crippen LogP contribution in [0.5, 0.6) is 5.75 Å². The first-order valence-corrected chi connectivity index (χ1v) is 23.0. The van der Waals surface area contributed by atoms with Crippen LogP contribution in [-0.2, 0) is 31.9 Å². The lowest BCUT2D eigenvalue weighted by Gasteiger charge is -2.39. The van der Waals surface area contributed by atoms with Crippen molar-refractivity contribution in [1.82, 2.24) is 30.0 Å². The van der Waals surface area contributed by atoms with Crippen LogP contribution < -0.4 is 35.2 Å². The van der Waals surface area contributed by atoms with Crippen LogP contribution in [0.25, 0.3) is 0 Å². The molecule has 2 atom stereocenters. The number of benzene rings is 3. The Kier molecular flexibility index (Phi) is 13.4. The molecule has 4 N–H and O–H groups in total. The number of halogens is 1. The second kappa shape index (κ2) is 19.3. The number of amides is 4. The van der Waals surface area contributed by atoms with Crippen molar-refractivity contribution >= 4 is 86.4 Å². The highest BCUT2D eigenvalue weighted by atomic mass is 35.5. The molecule has 4 aromatic rings. The second-order valence-electron chi connectivity index (χ2n) is 16.3. The van der Waals surface area contributed by atoms with Crippen LogP contribution in [0.1, 0.15) is 41.6 Å². The van der Waals surface area contributed by atoms with Gasteiger partial charge in [0.15, 0.2) is 5.82 Å². The molecule has 0 spiro atoms. The monoisotopic (exact) mass is 897 g/mol. The molecule has 0 aliphatic carbocycles. The highest BCUT2D eigenvalue weighted by Gasteiger charge is 2.40. The third-order valence-corrected chi connectivity index (χ3v) is 13.5. The number of anilines is 7. The first-order valence-electron chi connectivity index (χ1n) is 21.1. The number of imide groups is 1. The fourth-order valence-electron chi connectivity index (χ4n) is 8.71. The Morgan fingerprint density at radius 3 is 2.44 bits per heavy atom. The number of carbonyl (C=O) groups is 4. The summed E-state index contributed by atoms with van der Waals surface area (Å²) in [6.07, 6.45) is 5.63. The number of para-hydroxylation sites is 2. The van der Waals surface area contributed by atoms with Crippen molar-refractivity contribution in [2.24, 2.45) is 5.92 Å². The maximum atomic E-state index is 13.2. The number of methoxy groups -OCH3 is 1. The minimum absolute atomic E-state index is 0.135. The van der Waals surface area contributed by atoms with E-state index in [1.165, 1.54) is 11.1 Å². The normalized spacial score (nSPS) is 19.0. The Labute approximate surface area is 374 Å². The lowest BCUT2D eigenvalue weighted by Crippen LogP contribution is -2.52. The van der Waals surface area contributed by atoms with Crippen LogP contribution in [0.15, 0.2) is 66.9 Å². The van der Waals surface area contributed by atoms with Crippen molar-refractivity contribution in [3.8, 4) is 5.75 Å². The summed E-state index contributed by atoms with van der Waals surface area (Å²) in [6, 6.07) is 18.1. The van der Waals surface area contributed by atoms with Gasteiger partial charge in [-0.1, -0.05) is 29.8 Å². The molecule has 63 heavy (non-hydrogen) atoms. The van der Waals surface area contributed by atoms with Crippen molar-refractivity contribution < 1.29 is 28.1 Å². The summed E-state index contributed by atoms with van der Waals surface area (Å²) in [7, 11) is 2.17. The van der Waals surface area contributed by atoms with Crippen LogP contribution in [-0.4, -0.2) is 131 Å². The van der Waals surface area contributed by atoms with Gasteiger partial charge in [-0.2, -0.15) is 4.98 Å². The predicted octanol–water partition coefficient (Wildman–Crippen LogP) is 4.59. The van der Waals surface area contributed by atoms with E-state index in [0.717, 1.165) is 70.0 Å². The number of rotatable bonds is 14. The number of piperazine rings is 1. The van der Waals surface area contributed by atoms with Gasteiger partial charge < -0.3 is 30.5 Å². The van der Waals surface area contributed by atoms with Crippen molar-refractivity contribution in [2.45, 2.75) is 38.3 Å². The molecule has 4 aliphatic rings. The zero-order chi connectivity index (χ0) is 44.2. The summed E-state index contributed by atoms with van der Waals surface area (Å²) in [4.78, 5) is 68.2. The Bertz CT molecular complexity index is 2410. The summed E-state index contributed by atoms with van der Waals surface area (Å²) in [5, 5.41) is 12.2. The van der Waals surface area contributed by atoms with Crippen LogP contribution in [0.2, 0.25) is 5.02 Å². The molecule has 4 aliphatic heterocycles. The van der Waals surface area contributed by atoms with Gasteiger partial charge in [0.2, 0.25) is 23.7 Å². The van der Waals surface area contributed by atoms with Gasteiger partial charge in [-0.3, -0.25) is 38.6 Å². The minimum atomic E-state index is -1.22. The van der Waals surface area contributed by atoms with Gasteiger partial charge >= 0.3 is 0 Å². The van der Waals surface area contributed by atoms with E-state index in [1.54, 1.807) is 42.9 Å². The Balaban J connectivity index is 0.791. The topological polar surface area (TPSA) is 185 Å². The van der Waals surface area contributed by atoms with Crippen molar-refractivity contribution in [1.29, 1.82) is 0 Å². The van der Waals surface area contributed by atoms with E-state index < -0.39 is 22.9 Å². The van der Waals surface area contributed by atoms with Crippen LogP contribution in [0.4, 0.5) is 40.2 Å². The van der Waals surface area contributed by atoms with E-state index in [1.807, 2.05) is 36.4 Å². The van der Waals surface area contributed by atoms with Crippen molar-refractivity contribution in [3.63, 3.8) is 0 Å². The largest absolute Gasteiger partial charge is 0.494 e. The molecule has 5 heterocycles. The smallest absolute Gasteiger partial charge is 0.255 e. The zero-order valence-electron chi connectivity index (χ0n) is 35.6. The molecule has 3 fully saturated rings. The SMILES string of the molecule is COc1cc(N2CCN(CC3CCN(CC(=O)Nc4cccc5c4CN(C4CCC(=O)NC4=O)C5=O)CC3)CC2)ccc1Nc1ncc(Cl)c(Nc2ccccc2N(C)S(C)=O)n1. The van der Waals surface area contributed by atoms with E-state index >= 15 is 0 Å². The second-order valence-corrected chi connectivity index (χ2v) is 18.1. The number of ether oxygens (including phenoxy) is 1. The predicted molar refractivity (Wildman–Crippen MR) is 244 cm³/mol. The van der Waals surface area contributed by atoms with Gasteiger partial charge in [0.25, 0.3) is 5.91 Å². The van der Waals surface area contributed by atoms with E-state index in [2.05, 4.69) is 52.0 Å². The standard InChI is InChI=1S/C44H52ClN11O6S/c1-52(63(3)61)36-10-5-4-8-34(36)48-41-32(45)24-46-44(51-41)49-35-12-11-29(23-38(35)62-2)55-21-19-54(20-22-55)25-28-15-17-53(18-16-28)27-40(58)47-33-9-6-7-30-31(33)26-56(43(30)60)37-13-14-39(57)50-42(37)59/h4-12,23-24,28,37H,13-22,25-27H2,1-3H3,(H,47,58)(H,50,57,59)(H2,46,48,49,51). The Morgan fingerprint density at radius 2 is 1.70 bits per heavy atom. The lowest BCUT2D eigenvalue weighted by molar-refractivity contribution is -0.137. The number of nitrogens with zero attached hydrogens (tertiary/aromatic N) is 7. The molecule has 3 saturated heterocycles. The lowest BCUT2D eigenvalue weighted by atomic mass is 9.96. The van der Waals surface area contributed by atoms with Crippen LogP contribution in [0, 0.1) is 5.92 Å². The van der Waals surface area contributed by atoms with Gasteiger partial charge in [-0.05, 0) is 74.7 Å². The Hall–Kier alpha value is -5.82. The van der Waals surface area contributed by atoms with Crippen LogP contribution >= 0.6 is 11.6 Å². The molecule has 19 heteroatoms. The molecule has 3 aromatic carbocycles. The number of fused-ring (bicyclic) bond motifs is 1. The van der Waals surface area contributed by atoms with E-state index in [9.17, 15) is 23.4 Å². The third-order valence-electron chi connectivity index (χ3n) is 12.2. The fourth-order valence-corrected chi connectivity index (χ4v) is 9.29. The molecule has 0 bridgehead atoms. The molecular formula is C44H52ClN11O6S. The fraction of sp³-hybridized carbons (Fsp3) is 0.409. The summed E-state index contributed by atoms with van der Waals surface area (Å²) in [6.45, 7) is 6.80. The van der Waals surface area contributed by atoms with Gasteiger partial charge in [0.05, 0.1) is 36.9 Å². The molecule has 17 nitrogen and oxygen atoms in total. The van der Waals surface area contributed by atoms with Crippen LogP contribution in [0.3, 0.4) is 0 Å². The average Bonchev–Trinajstić information content (AvgIpc) is 3.62. The third kappa shape index (κ3) is 10.0. The number of carbonyl (C=O) groups excluding carboxylic acids is 4. The first-order chi connectivity index (χ1) is 30.4. The van der Waals surface area contributed by atoms with Gasteiger partial charge in [0.1, 0.15) is 27.8 Å². The van der Waals surface area contributed by atoms with E-state index in [-0.39, 0.29) is 43.7 Å². The summed E-state index contributed by atoms with van der Waals surface area (Å²) >= 11 is 6.50. The molecular weight excluding hydrogens is 846 g/mol. The number of piperidine rings is 2. The zero-order valence-corrected chi connectivity index (χ0v) is 37.1. The number of hydrogen-bond donors (Lipinski definition) is 4. The molecule has 1 aromatic heterocycles. The van der Waals surface area contributed by atoms with Gasteiger partial charge in [-0.15, -0.1) is 0 Å². The quantitative estimate of drug-likeness (QED) is 0.129. The molecule has 8 rings (SSSR count). The number of hydrogen-bond acceptors (Lipinski definition) is 13. The van der Waals surface area contributed by atoms with Crippen molar-refractivity contribution in [2.75, 3.05) is 97.9 Å². The maximum Gasteiger partial charge on any atom is 0.255 e. The van der Waals surface area contributed by atoms with Gasteiger partial charge in [-0.25, -0.2) is 9.19 Å². The minimum Gasteiger partial charge on any atom is -0.494 e.